The van der Waals surface area contributed by atoms with Crippen LogP contribution in [-0.4, -0.2) is 12.2 Å². The van der Waals surface area contributed by atoms with Crippen molar-refractivity contribution in [1.29, 1.82) is 0 Å². The summed E-state index contributed by atoms with van der Waals surface area (Å²) in [7, 11) is 0. The Balaban J connectivity index is 1.64. The lowest BCUT2D eigenvalue weighted by Gasteiger charge is -2.00. The van der Waals surface area contributed by atoms with Gasteiger partial charge in [-0.2, -0.15) is 0 Å². The van der Waals surface area contributed by atoms with Gasteiger partial charge in [-0.15, -0.1) is 0 Å². The number of ether oxygens (including phenoxy) is 1. The number of hydrogen-bond donors (Lipinski definition) is 0. The molecule has 82 valence electrons. The molecule has 0 bridgehead atoms. The van der Waals surface area contributed by atoms with Gasteiger partial charge in [0.05, 0.1) is 12.2 Å². The topological polar surface area (TPSA) is 12.5 Å². The van der Waals surface area contributed by atoms with Crippen molar-refractivity contribution in [3.8, 4) is 0 Å². The van der Waals surface area contributed by atoms with Crippen molar-refractivity contribution in [3.63, 3.8) is 0 Å². The van der Waals surface area contributed by atoms with Crippen LogP contribution in [0.4, 0.5) is 0 Å². The van der Waals surface area contributed by atoms with Crippen molar-refractivity contribution in [2.45, 2.75) is 82.8 Å². The van der Waals surface area contributed by atoms with Gasteiger partial charge in [-0.1, -0.05) is 57.8 Å². The lowest BCUT2D eigenvalue weighted by atomic mass is 10.1. The highest BCUT2D eigenvalue weighted by Gasteiger charge is 2.36. The van der Waals surface area contributed by atoms with Gasteiger partial charge in [0, 0.05) is 0 Å². The first kappa shape index (κ1) is 10.5. The minimum atomic E-state index is 0.663. The van der Waals surface area contributed by atoms with E-state index in [4.69, 9.17) is 4.74 Å². The third-order valence-electron chi connectivity index (χ3n) is 3.66. The molecule has 1 heterocycles. The van der Waals surface area contributed by atoms with Gasteiger partial charge in [0.15, 0.2) is 0 Å². The van der Waals surface area contributed by atoms with E-state index in [-0.39, 0.29) is 0 Å². The molecule has 2 fully saturated rings. The number of hydrogen-bond acceptors (Lipinski definition) is 1. The molecule has 0 aromatic rings. The van der Waals surface area contributed by atoms with Gasteiger partial charge in [-0.3, -0.25) is 0 Å². The molecule has 14 heavy (non-hydrogen) atoms. The van der Waals surface area contributed by atoms with Crippen LogP contribution >= 0.6 is 0 Å². The van der Waals surface area contributed by atoms with Gasteiger partial charge in [0.2, 0.25) is 0 Å². The summed E-state index contributed by atoms with van der Waals surface area (Å²) in [5, 5.41) is 0. The Morgan fingerprint density at radius 3 is 1.29 bits per heavy atom. The SMILES string of the molecule is C1CCCCCC2OC2CCCCC1. The highest BCUT2D eigenvalue weighted by atomic mass is 16.6. The van der Waals surface area contributed by atoms with E-state index in [1.807, 2.05) is 0 Å². The Morgan fingerprint density at radius 2 is 0.857 bits per heavy atom. The fraction of sp³-hybridized carbons (Fsp3) is 1.00. The third kappa shape index (κ3) is 3.61. The number of epoxide rings is 1. The number of fused-ring (bicyclic) bond motifs is 1. The molecular formula is C13H24O. The molecule has 1 heteroatoms. The van der Waals surface area contributed by atoms with Crippen molar-refractivity contribution >= 4 is 0 Å². The van der Waals surface area contributed by atoms with Gasteiger partial charge < -0.3 is 4.74 Å². The molecule has 1 saturated carbocycles. The van der Waals surface area contributed by atoms with Crippen LogP contribution in [0.5, 0.6) is 0 Å². The Bertz CT molecular complexity index is 139. The molecule has 1 aliphatic carbocycles. The van der Waals surface area contributed by atoms with E-state index < -0.39 is 0 Å². The maximum absolute atomic E-state index is 5.66. The van der Waals surface area contributed by atoms with Gasteiger partial charge in [-0.25, -0.2) is 0 Å². The third-order valence-corrected chi connectivity index (χ3v) is 3.66. The van der Waals surface area contributed by atoms with Crippen molar-refractivity contribution in [2.75, 3.05) is 0 Å². The van der Waals surface area contributed by atoms with Gasteiger partial charge in [0.1, 0.15) is 0 Å². The summed E-state index contributed by atoms with van der Waals surface area (Å²) in [6.45, 7) is 0. The van der Waals surface area contributed by atoms with E-state index >= 15 is 0 Å². The maximum atomic E-state index is 5.66. The normalized spacial score (nSPS) is 36.0. The summed E-state index contributed by atoms with van der Waals surface area (Å²) in [5.41, 5.74) is 0. The first-order valence-corrected chi connectivity index (χ1v) is 6.62. The first-order chi connectivity index (χ1) is 6.97. The molecule has 2 atom stereocenters. The highest BCUT2D eigenvalue weighted by Crippen LogP contribution is 2.32. The van der Waals surface area contributed by atoms with E-state index in [2.05, 4.69) is 0 Å². The molecular weight excluding hydrogens is 172 g/mol. The second-order valence-corrected chi connectivity index (χ2v) is 4.97. The van der Waals surface area contributed by atoms with Crippen LogP contribution in [0.3, 0.4) is 0 Å². The van der Waals surface area contributed by atoms with Crippen LogP contribution in [0.15, 0.2) is 0 Å². The van der Waals surface area contributed by atoms with Crippen molar-refractivity contribution in [1.82, 2.24) is 0 Å². The van der Waals surface area contributed by atoms with E-state index in [1.54, 1.807) is 0 Å². The quantitative estimate of drug-likeness (QED) is 0.532. The first-order valence-electron chi connectivity index (χ1n) is 6.62. The lowest BCUT2D eigenvalue weighted by molar-refractivity contribution is 0.346. The molecule has 2 aliphatic rings. The molecule has 1 nitrogen and oxygen atoms in total. The number of rotatable bonds is 0. The van der Waals surface area contributed by atoms with Crippen LogP contribution in [0.25, 0.3) is 0 Å². The smallest absolute Gasteiger partial charge is 0.0841 e. The molecule has 2 rings (SSSR count). The van der Waals surface area contributed by atoms with Crippen molar-refractivity contribution in [2.24, 2.45) is 0 Å². The summed E-state index contributed by atoms with van der Waals surface area (Å²) in [6, 6.07) is 0. The summed E-state index contributed by atoms with van der Waals surface area (Å²) < 4.78 is 5.66. The summed E-state index contributed by atoms with van der Waals surface area (Å²) in [4.78, 5) is 0. The predicted octanol–water partition coefficient (Wildman–Crippen LogP) is 4.06. The minimum absolute atomic E-state index is 0.663. The summed E-state index contributed by atoms with van der Waals surface area (Å²) in [6.07, 6.45) is 17.0. The average molecular weight is 196 g/mol. The Kier molecular flexibility index (Phi) is 4.30. The highest BCUT2D eigenvalue weighted by molar-refractivity contribution is 4.84. The van der Waals surface area contributed by atoms with Crippen LogP contribution in [0.2, 0.25) is 0 Å². The second-order valence-electron chi connectivity index (χ2n) is 4.97. The fourth-order valence-electron chi connectivity index (χ4n) is 2.62. The molecule has 0 N–H and O–H groups in total. The van der Waals surface area contributed by atoms with E-state index in [1.165, 1.54) is 70.6 Å². The Labute approximate surface area is 88.2 Å². The molecule has 0 radical (unpaired) electrons. The monoisotopic (exact) mass is 196 g/mol. The van der Waals surface area contributed by atoms with Crippen molar-refractivity contribution in [3.05, 3.63) is 0 Å². The zero-order valence-electron chi connectivity index (χ0n) is 9.34. The Morgan fingerprint density at radius 1 is 0.500 bits per heavy atom. The minimum Gasteiger partial charge on any atom is -0.370 e. The van der Waals surface area contributed by atoms with E-state index in [9.17, 15) is 0 Å². The zero-order chi connectivity index (χ0) is 9.64. The zero-order valence-corrected chi connectivity index (χ0v) is 9.34. The maximum Gasteiger partial charge on any atom is 0.0841 e. The largest absolute Gasteiger partial charge is 0.370 e. The van der Waals surface area contributed by atoms with Crippen LogP contribution in [0, 0.1) is 0 Å². The second kappa shape index (κ2) is 5.75. The summed E-state index contributed by atoms with van der Waals surface area (Å²) in [5.74, 6) is 0. The average Bonchev–Trinajstić information content (AvgIpc) is 2.92. The van der Waals surface area contributed by atoms with Crippen LogP contribution in [0.1, 0.15) is 70.6 Å². The van der Waals surface area contributed by atoms with E-state index in [0.717, 1.165) is 0 Å². The van der Waals surface area contributed by atoms with Gasteiger partial charge in [0.25, 0.3) is 0 Å². The molecule has 2 unspecified atom stereocenters. The van der Waals surface area contributed by atoms with Crippen molar-refractivity contribution < 1.29 is 4.74 Å². The van der Waals surface area contributed by atoms with Crippen LogP contribution < -0.4 is 0 Å². The van der Waals surface area contributed by atoms with Crippen LogP contribution in [-0.2, 0) is 4.74 Å². The van der Waals surface area contributed by atoms with Gasteiger partial charge >= 0.3 is 0 Å². The fourth-order valence-corrected chi connectivity index (χ4v) is 2.62. The standard InChI is InChI=1S/C13H24O/c1-2-4-6-8-10-12-13(14-12)11-9-7-5-3-1/h12-13H,1-11H2. The Hall–Kier alpha value is -0.0400. The molecule has 0 aromatic carbocycles. The molecule has 1 aliphatic heterocycles. The molecule has 1 saturated heterocycles. The van der Waals surface area contributed by atoms with Gasteiger partial charge in [-0.05, 0) is 12.8 Å². The molecule has 0 spiro atoms. The predicted molar refractivity (Wildman–Crippen MR) is 59.4 cm³/mol. The molecule has 0 amide bonds. The van der Waals surface area contributed by atoms with E-state index in [0.29, 0.717) is 12.2 Å². The summed E-state index contributed by atoms with van der Waals surface area (Å²) >= 11 is 0. The molecule has 0 aromatic heterocycles. The lowest BCUT2D eigenvalue weighted by Crippen LogP contribution is -1.94.